The fourth-order valence-corrected chi connectivity index (χ4v) is 2.32. The van der Waals surface area contributed by atoms with E-state index in [0.29, 0.717) is 24.4 Å². The Kier molecular flexibility index (Phi) is 4.46. The SMILES string of the molecule is COC(=O)c1ccc(N2CC(CO)OCC2C)c(N)c1. The summed E-state index contributed by atoms with van der Waals surface area (Å²) >= 11 is 0. The molecule has 6 heteroatoms. The lowest BCUT2D eigenvalue weighted by Gasteiger charge is -2.39. The maximum absolute atomic E-state index is 11.5. The molecule has 2 unspecified atom stereocenters. The van der Waals surface area contributed by atoms with Gasteiger partial charge in [-0.1, -0.05) is 0 Å². The third-order valence-corrected chi connectivity index (χ3v) is 3.47. The number of carbonyl (C=O) groups is 1. The highest BCUT2D eigenvalue weighted by molar-refractivity contribution is 5.92. The zero-order valence-electron chi connectivity index (χ0n) is 11.7. The van der Waals surface area contributed by atoms with Crippen molar-refractivity contribution in [2.45, 2.75) is 19.1 Å². The van der Waals surface area contributed by atoms with Gasteiger partial charge in [-0.15, -0.1) is 0 Å². The average molecular weight is 280 g/mol. The van der Waals surface area contributed by atoms with Gasteiger partial charge in [0.2, 0.25) is 0 Å². The van der Waals surface area contributed by atoms with E-state index in [4.69, 9.17) is 10.5 Å². The Hall–Kier alpha value is -1.79. The largest absolute Gasteiger partial charge is 0.465 e. The van der Waals surface area contributed by atoms with Crippen LogP contribution in [-0.2, 0) is 9.47 Å². The van der Waals surface area contributed by atoms with Crippen molar-refractivity contribution in [3.05, 3.63) is 23.8 Å². The number of methoxy groups -OCH3 is 1. The van der Waals surface area contributed by atoms with Crippen LogP contribution in [0.3, 0.4) is 0 Å². The summed E-state index contributed by atoms with van der Waals surface area (Å²) in [6.45, 7) is 3.10. The Morgan fingerprint density at radius 2 is 2.35 bits per heavy atom. The van der Waals surface area contributed by atoms with Crippen LogP contribution in [0.25, 0.3) is 0 Å². The number of ether oxygens (including phenoxy) is 2. The molecule has 1 fully saturated rings. The van der Waals surface area contributed by atoms with E-state index in [2.05, 4.69) is 9.64 Å². The number of nitrogen functional groups attached to an aromatic ring is 1. The van der Waals surface area contributed by atoms with E-state index < -0.39 is 5.97 Å². The first kappa shape index (κ1) is 14.6. The minimum atomic E-state index is -0.411. The number of rotatable bonds is 3. The van der Waals surface area contributed by atoms with Crippen LogP contribution in [0.4, 0.5) is 11.4 Å². The summed E-state index contributed by atoms with van der Waals surface area (Å²) in [6, 6.07) is 5.26. The molecule has 3 N–H and O–H groups in total. The van der Waals surface area contributed by atoms with E-state index >= 15 is 0 Å². The second kappa shape index (κ2) is 6.11. The van der Waals surface area contributed by atoms with Crippen LogP contribution in [0.1, 0.15) is 17.3 Å². The molecule has 1 aromatic rings. The standard InChI is InChI=1S/C14H20N2O4/c1-9-8-20-11(7-17)6-16(9)13-4-3-10(5-12(13)15)14(18)19-2/h3-5,9,11,17H,6-8,15H2,1-2H3. The molecule has 0 aliphatic carbocycles. The summed E-state index contributed by atoms with van der Waals surface area (Å²) < 4.78 is 10.2. The number of esters is 1. The van der Waals surface area contributed by atoms with E-state index in [0.717, 1.165) is 5.69 Å². The minimum absolute atomic E-state index is 0.0244. The molecule has 0 bridgehead atoms. The number of hydrogen-bond acceptors (Lipinski definition) is 6. The van der Waals surface area contributed by atoms with Gasteiger partial charge in [-0.05, 0) is 25.1 Å². The van der Waals surface area contributed by atoms with Gasteiger partial charge in [0.25, 0.3) is 0 Å². The highest BCUT2D eigenvalue weighted by Crippen LogP contribution is 2.28. The molecule has 6 nitrogen and oxygen atoms in total. The number of nitrogens with two attached hydrogens (primary N) is 1. The normalized spacial score (nSPS) is 22.6. The Balaban J connectivity index is 2.25. The summed E-state index contributed by atoms with van der Waals surface area (Å²) in [7, 11) is 1.34. The molecule has 2 rings (SSSR count). The van der Waals surface area contributed by atoms with Crippen LogP contribution in [0.15, 0.2) is 18.2 Å². The highest BCUT2D eigenvalue weighted by atomic mass is 16.5. The van der Waals surface area contributed by atoms with Gasteiger partial charge >= 0.3 is 5.97 Å². The number of morpholine rings is 1. The molecular weight excluding hydrogens is 260 g/mol. The van der Waals surface area contributed by atoms with Crippen LogP contribution < -0.4 is 10.6 Å². The molecule has 0 aromatic heterocycles. The van der Waals surface area contributed by atoms with Crippen LogP contribution >= 0.6 is 0 Å². The van der Waals surface area contributed by atoms with Crippen LogP contribution in [0.2, 0.25) is 0 Å². The number of anilines is 2. The molecule has 0 radical (unpaired) electrons. The predicted molar refractivity (Wildman–Crippen MR) is 75.8 cm³/mol. The van der Waals surface area contributed by atoms with Crippen molar-refractivity contribution in [2.75, 3.05) is 37.5 Å². The molecule has 110 valence electrons. The summed E-state index contributed by atoms with van der Waals surface area (Å²) in [5, 5.41) is 9.22. The number of carbonyl (C=O) groups excluding carboxylic acids is 1. The molecule has 0 saturated carbocycles. The molecule has 1 aliphatic rings. The Morgan fingerprint density at radius 1 is 1.60 bits per heavy atom. The summed E-state index contributed by atoms with van der Waals surface area (Å²) in [4.78, 5) is 13.6. The number of aliphatic hydroxyl groups excluding tert-OH is 1. The molecule has 0 spiro atoms. The Labute approximate surface area is 118 Å². The van der Waals surface area contributed by atoms with Crippen molar-refractivity contribution in [1.82, 2.24) is 0 Å². The summed E-state index contributed by atoms with van der Waals surface area (Å²) in [5.41, 5.74) is 7.82. The Morgan fingerprint density at radius 3 is 2.95 bits per heavy atom. The highest BCUT2D eigenvalue weighted by Gasteiger charge is 2.27. The van der Waals surface area contributed by atoms with Crippen LogP contribution in [-0.4, -0.2) is 50.1 Å². The number of benzene rings is 1. The Bertz CT molecular complexity index is 492. The van der Waals surface area contributed by atoms with Gasteiger partial charge < -0.3 is 25.2 Å². The first-order valence-electron chi connectivity index (χ1n) is 6.53. The lowest BCUT2D eigenvalue weighted by atomic mass is 10.1. The topological polar surface area (TPSA) is 85.0 Å². The molecule has 1 heterocycles. The van der Waals surface area contributed by atoms with Crippen molar-refractivity contribution < 1.29 is 19.4 Å². The van der Waals surface area contributed by atoms with Crippen molar-refractivity contribution in [1.29, 1.82) is 0 Å². The first-order valence-corrected chi connectivity index (χ1v) is 6.53. The van der Waals surface area contributed by atoms with Crippen LogP contribution in [0.5, 0.6) is 0 Å². The minimum Gasteiger partial charge on any atom is -0.465 e. The van der Waals surface area contributed by atoms with Gasteiger partial charge in [0.15, 0.2) is 0 Å². The zero-order chi connectivity index (χ0) is 14.7. The molecular formula is C14H20N2O4. The van der Waals surface area contributed by atoms with E-state index in [-0.39, 0.29) is 18.8 Å². The van der Waals surface area contributed by atoms with E-state index in [9.17, 15) is 9.90 Å². The second-order valence-electron chi connectivity index (χ2n) is 4.90. The lowest BCUT2D eigenvalue weighted by Crippen LogP contribution is -2.49. The monoisotopic (exact) mass is 280 g/mol. The van der Waals surface area contributed by atoms with Crippen molar-refractivity contribution >= 4 is 17.3 Å². The molecule has 1 aliphatic heterocycles. The number of hydrogen-bond donors (Lipinski definition) is 2. The fourth-order valence-electron chi connectivity index (χ4n) is 2.32. The fraction of sp³-hybridized carbons (Fsp3) is 0.500. The van der Waals surface area contributed by atoms with Gasteiger partial charge in [-0.25, -0.2) is 4.79 Å². The van der Waals surface area contributed by atoms with Gasteiger partial charge in [0.1, 0.15) is 0 Å². The van der Waals surface area contributed by atoms with Crippen molar-refractivity contribution in [3.8, 4) is 0 Å². The maximum Gasteiger partial charge on any atom is 0.337 e. The lowest BCUT2D eigenvalue weighted by molar-refractivity contribution is -0.0102. The zero-order valence-corrected chi connectivity index (χ0v) is 11.7. The number of nitrogens with zero attached hydrogens (tertiary/aromatic N) is 1. The average Bonchev–Trinajstić information content (AvgIpc) is 2.47. The molecule has 20 heavy (non-hydrogen) atoms. The third kappa shape index (κ3) is 2.86. The number of aliphatic hydroxyl groups is 1. The first-order chi connectivity index (χ1) is 9.56. The van der Waals surface area contributed by atoms with E-state index in [1.54, 1.807) is 18.2 Å². The maximum atomic E-state index is 11.5. The van der Waals surface area contributed by atoms with Gasteiger partial charge in [-0.3, -0.25) is 0 Å². The molecule has 1 aromatic carbocycles. The van der Waals surface area contributed by atoms with Gasteiger partial charge in [0, 0.05) is 12.6 Å². The third-order valence-electron chi connectivity index (χ3n) is 3.47. The van der Waals surface area contributed by atoms with Gasteiger partial charge in [-0.2, -0.15) is 0 Å². The molecule has 1 saturated heterocycles. The van der Waals surface area contributed by atoms with Crippen molar-refractivity contribution in [2.24, 2.45) is 0 Å². The van der Waals surface area contributed by atoms with Crippen molar-refractivity contribution in [3.63, 3.8) is 0 Å². The molecule has 2 atom stereocenters. The van der Waals surface area contributed by atoms with E-state index in [1.807, 2.05) is 6.92 Å². The van der Waals surface area contributed by atoms with Crippen LogP contribution in [0, 0.1) is 0 Å². The molecule has 0 amide bonds. The van der Waals surface area contributed by atoms with E-state index in [1.165, 1.54) is 7.11 Å². The quantitative estimate of drug-likeness (QED) is 0.624. The second-order valence-corrected chi connectivity index (χ2v) is 4.90. The smallest absolute Gasteiger partial charge is 0.337 e. The van der Waals surface area contributed by atoms with Gasteiger partial charge in [0.05, 0.1) is 43.4 Å². The summed E-state index contributed by atoms with van der Waals surface area (Å²) in [6.07, 6.45) is -0.217. The predicted octanol–water partition coefficient (Wildman–Crippen LogP) is 0.641. The summed E-state index contributed by atoms with van der Waals surface area (Å²) in [5.74, 6) is -0.411.